The Balaban J connectivity index is 1.44. The number of carbonyl (C=O) groups is 2. The van der Waals surface area contributed by atoms with Gasteiger partial charge in [-0.1, -0.05) is 49.6 Å². The first-order chi connectivity index (χ1) is 21.4. The predicted molar refractivity (Wildman–Crippen MR) is 172 cm³/mol. The standard InChI is InChI=1S/C34H38N8O2/c1-23-19-28(17-18-31(23)41-22-36-38-39-41)42(32(43)20-25-21-35-30-12-8-7-11-29(25)30)33(24-13-15-27(16-14-24)40(2)3)34(44)37-26-9-5-4-6-10-26/h7-8,11-19,21-22,26,33,35H,4-6,9-10,20H2,1-3H3,(H,37,44)/t33-/m1/s1. The van der Waals surface area contributed by atoms with Gasteiger partial charge in [-0.05, 0) is 83.3 Å². The Labute approximate surface area is 257 Å². The number of amides is 2. The fraction of sp³-hybridized carbons (Fsp3) is 0.324. The summed E-state index contributed by atoms with van der Waals surface area (Å²) in [5.41, 5.74) is 5.90. The quantitative estimate of drug-likeness (QED) is 0.242. The molecule has 5 aromatic rings. The fourth-order valence-electron chi connectivity index (χ4n) is 6.18. The zero-order valence-electron chi connectivity index (χ0n) is 25.4. The second kappa shape index (κ2) is 12.7. The minimum absolute atomic E-state index is 0.0919. The van der Waals surface area contributed by atoms with E-state index in [1.165, 1.54) is 12.7 Å². The van der Waals surface area contributed by atoms with Crippen LogP contribution in [-0.4, -0.2) is 57.1 Å². The Morgan fingerprint density at radius 3 is 2.45 bits per heavy atom. The summed E-state index contributed by atoms with van der Waals surface area (Å²) in [6.07, 6.45) is 8.81. The average Bonchev–Trinajstić information content (AvgIpc) is 3.71. The molecule has 1 saturated carbocycles. The average molecular weight is 591 g/mol. The van der Waals surface area contributed by atoms with Crippen molar-refractivity contribution in [3.63, 3.8) is 0 Å². The number of nitrogens with zero attached hydrogens (tertiary/aromatic N) is 6. The van der Waals surface area contributed by atoms with Gasteiger partial charge >= 0.3 is 0 Å². The van der Waals surface area contributed by atoms with Crippen molar-refractivity contribution < 1.29 is 9.59 Å². The lowest BCUT2D eigenvalue weighted by Gasteiger charge is -2.34. The van der Waals surface area contributed by atoms with Crippen molar-refractivity contribution in [1.82, 2.24) is 30.5 Å². The van der Waals surface area contributed by atoms with Crippen molar-refractivity contribution in [3.05, 3.63) is 95.9 Å². The zero-order chi connectivity index (χ0) is 30.6. The zero-order valence-corrected chi connectivity index (χ0v) is 25.4. The third kappa shape index (κ3) is 6.06. The lowest BCUT2D eigenvalue weighted by Crippen LogP contribution is -2.47. The van der Waals surface area contributed by atoms with Gasteiger partial charge in [0.15, 0.2) is 0 Å². The maximum atomic E-state index is 14.6. The molecular weight excluding hydrogens is 552 g/mol. The first-order valence-electron chi connectivity index (χ1n) is 15.2. The number of aryl methyl sites for hydroxylation is 1. The third-order valence-corrected chi connectivity index (χ3v) is 8.52. The van der Waals surface area contributed by atoms with Gasteiger partial charge in [0.25, 0.3) is 0 Å². The number of hydrogen-bond acceptors (Lipinski definition) is 6. The predicted octanol–water partition coefficient (Wildman–Crippen LogP) is 5.28. The molecule has 0 spiro atoms. The van der Waals surface area contributed by atoms with Crippen molar-refractivity contribution in [1.29, 1.82) is 0 Å². The number of fused-ring (bicyclic) bond motifs is 1. The van der Waals surface area contributed by atoms with Gasteiger partial charge in [-0.3, -0.25) is 14.5 Å². The highest BCUT2D eigenvalue weighted by molar-refractivity contribution is 6.03. The third-order valence-electron chi connectivity index (χ3n) is 8.52. The van der Waals surface area contributed by atoms with Gasteiger partial charge in [0.1, 0.15) is 12.4 Å². The van der Waals surface area contributed by atoms with E-state index in [0.717, 1.165) is 64.7 Å². The molecule has 0 saturated heterocycles. The molecule has 2 N–H and O–H groups in total. The van der Waals surface area contributed by atoms with Crippen LogP contribution in [0.5, 0.6) is 0 Å². The molecule has 226 valence electrons. The molecule has 1 aliphatic rings. The van der Waals surface area contributed by atoms with E-state index < -0.39 is 6.04 Å². The number of aromatic nitrogens is 5. The maximum Gasteiger partial charge on any atom is 0.248 e. The summed E-state index contributed by atoms with van der Waals surface area (Å²) in [5.74, 6) is -0.353. The second-order valence-corrected chi connectivity index (χ2v) is 11.8. The maximum absolute atomic E-state index is 14.6. The van der Waals surface area contributed by atoms with Crippen LogP contribution in [0, 0.1) is 6.92 Å². The smallest absolute Gasteiger partial charge is 0.248 e. The molecule has 2 amide bonds. The molecule has 10 nitrogen and oxygen atoms in total. The number of nitrogens with one attached hydrogen (secondary N) is 2. The van der Waals surface area contributed by atoms with E-state index in [1.807, 2.05) is 98.8 Å². The highest BCUT2D eigenvalue weighted by Crippen LogP contribution is 2.33. The molecule has 2 aromatic heterocycles. The van der Waals surface area contributed by atoms with Crippen LogP contribution in [0.1, 0.15) is 54.8 Å². The molecule has 6 rings (SSSR count). The van der Waals surface area contributed by atoms with Crippen molar-refractivity contribution in [2.24, 2.45) is 0 Å². The SMILES string of the molecule is Cc1cc(N(C(=O)Cc2c[nH]c3ccccc23)[C@@H](C(=O)NC2CCCCC2)c2ccc(N(C)C)cc2)ccc1-n1cnnn1. The molecule has 0 bridgehead atoms. The van der Waals surface area contributed by atoms with E-state index in [1.54, 1.807) is 9.58 Å². The van der Waals surface area contributed by atoms with E-state index in [9.17, 15) is 9.59 Å². The Bertz CT molecular complexity index is 1740. The lowest BCUT2D eigenvalue weighted by molar-refractivity contribution is -0.127. The van der Waals surface area contributed by atoms with Crippen molar-refractivity contribution in [2.75, 3.05) is 23.9 Å². The monoisotopic (exact) mass is 590 g/mol. The van der Waals surface area contributed by atoms with Crippen LogP contribution in [0.15, 0.2) is 79.3 Å². The van der Waals surface area contributed by atoms with Crippen LogP contribution in [0.2, 0.25) is 0 Å². The minimum Gasteiger partial charge on any atom is -0.378 e. The van der Waals surface area contributed by atoms with Gasteiger partial charge in [0, 0.05) is 48.6 Å². The summed E-state index contributed by atoms with van der Waals surface area (Å²) in [4.78, 5) is 35.9. The summed E-state index contributed by atoms with van der Waals surface area (Å²) in [7, 11) is 3.96. The van der Waals surface area contributed by atoms with E-state index in [4.69, 9.17) is 0 Å². The normalized spacial score (nSPS) is 14.3. The summed E-state index contributed by atoms with van der Waals surface area (Å²) in [5, 5.41) is 15.9. The number of H-pyrrole nitrogens is 1. The van der Waals surface area contributed by atoms with E-state index in [0.29, 0.717) is 5.69 Å². The summed E-state index contributed by atoms with van der Waals surface area (Å²) < 4.78 is 1.59. The van der Waals surface area contributed by atoms with E-state index >= 15 is 0 Å². The number of rotatable bonds is 9. The molecule has 1 fully saturated rings. The van der Waals surface area contributed by atoms with E-state index in [-0.39, 0.29) is 24.3 Å². The van der Waals surface area contributed by atoms with Crippen LogP contribution in [-0.2, 0) is 16.0 Å². The molecule has 10 heteroatoms. The molecule has 0 radical (unpaired) electrons. The number of carbonyl (C=O) groups excluding carboxylic acids is 2. The van der Waals surface area contributed by atoms with Gasteiger partial charge < -0.3 is 15.2 Å². The van der Waals surface area contributed by atoms with Crippen LogP contribution in [0.3, 0.4) is 0 Å². The number of para-hydroxylation sites is 1. The highest BCUT2D eigenvalue weighted by Gasteiger charge is 2.34. The fourth-order valence-corrected chi connectivity index (χ4v) is 6.18. The number of hydrogen-bond donors (Lipinski definition) is 2. The van der Waals surface area contributed by atoms with Crippen LogP contribution in [0.4, 0.5) is 11.4 Å². The van der Waals surface area contributed by atoms with Gasteiger partial charge in [-0.2, -0.15) is 0 Å². The second-order valence-electron chi connectivity index (χ2n) is 11.8. The largest absolute Gasteiger partial charge is 0.378 e. The topological polar surface area (TPSA) is 112 Å². The number of anilines is 2. The van der Waals surface area contributed by atoms with Crippen molar-refractivity contribution >= 4 is 34.1 Å². The molecule has 3 aromatic carbocycles. The van der Waals surface area contributed by atoms with Crippen LogP contribution < -0.4 is 15.1 Å². The number of aromatic amines is 1. The van der Waals surface area contributed by atoms with Gasteiger partial charge in [-0.15, -0.1) is 5.10 Å². The summed E-state index contributed by atoms with van der Waals surface area (Å²) >= 11 is 0. The lowest BCUT2D eigenvalue weighted by atomic mass is 9.94. The molecule has 44 heavy (non-hydrogen) atoms. The highest BCUT2D eigenvalue weighted by atomic mass is 16.2. The Morgan fingerprint density at radius 1 is 1.00 bits per heavy atom. The summed E-state index contributed by atoms with van der Waals surface area (Å²) in [6.45, 7) is 1.95. The molecular formula is C34H38N8O2. The Morgan fingerprint density at radius 2 is 1.75 bits per heavy atom. The first-order valence-corrected chi connectivity index (χ1v) is 15.2. The van der Waals surface area contributed by atoms with Gasteiger partial charge in [0.05, 0.1) is 12.1 Å². The number of tetrazole rings is 1. The molecule has 2 heterocycles. The molecule has 0 aliphatic heterocycles. The Kier molecular flexibility index (Phi) is 8.40. The van der Waals surface area contributed by atoms with E-state index in [2.05, 4.69) is 25.8 Å². The first kappa shape index (κ1) is 29.1. The van der Waals surface area contributed by atoms with Gasteiger partial charge in [-0.25, -0.2) is 4.68 Å². The summed E-state index contributed by atoms with van der Waals surface area (Å²) in [6, 6.07) is 20.7. The molecule has 1 aliphatic carbocycles. The Hall–Kier alpha value is -4.99. The van der Waals surface area contributed by atoms with Crippen LogP contribution in [0.25, 0.3) is 16.6 Å². The molecule has 1 atom stereocenters. The van der Waals surface area contributed by atoms with Crippen LogP contribution >= 0.6 is 0 Å². The van der Waals surface area contributed by atoms with Gasteiger partial charge in [0.2, 0.25) is 11.8 Å². The van der Waals surface area contributed by atoms with Crippen molar-refractivity contribution in [3.8, 4) is 5.69 Å². The molecule has 0 unspecified atom stereocenters. The van der Waals surface area contributed by atoms with Crippen molar-refractivity contribution in [2.45, 2.75) is 57.5 Å². The minimum atomic E-state index is -0.871. The number of benzene rings is 3.